The standard InChI is InChI=1S/C8H14N2/c1-4-8(10)7(5-9)6(2)3/h6H,4,10H2,1-3H3/b8-7+. The smallest absolute Gasteiger partial charge is 0.0967 e. The van der Waals surface area contributed by atoms with Gasteiger partial charge in [0.15, 0.2) is 0 Å². The lowest BCUT2D eigenvalue weighted by atomic mass is 10.0. The molecule has 0 aromatic rings. The van der Waals surface area contributed by atoms with Gasteiger partial charge in [-0.05, 0) is 12.3 Å². The van der Waals surface area contributed by atoms with Gasteiger partial charge in [0.05, 0.1) is 11.6 Å². The van der Waals surface area contributed by atoms with Crippen molar-refractivity contribution in [3.05, 3.63) is 11.3 Å². The summed E-state index contributed by atoms with van der Waals surface area (Å²) in [6.07, 6.45) is 0.765. The maximum Gasteiger partial charge on any atom is 0.0967 e. The zero-order valence-corrected chi connectivity index (χ0v) is 6.81. The first kappa shape index (κ1) is 9.03. The SMILES string of the molecule is CC/C(N)=C(/C#N)C(C)C. The van der Waals surface area contributed by atoms with Gasteiger partial charge in [0.1, 0.15) is 0 Å². The zero-order chi connectivity index (χ0) is 8.15. The van der Waals surface area contributed by atoms with Crippen LogP contribution in [0.1, 0.15) is 27.2 Å². The van der Waals surface area contributed by atoms with Crippen molar-refractivity contribution in [3.8, 4) is 6.07 Å². The van der Waals surface area contributed by atoms with Crippen LogP contribution in [0.4, 0.5) is 0 Å². The molecule has 0 aliphatic rings. The molecular formula is C8H14N2. The van der Waals surface area contributed by atoms with Gasteiger partial charge in [-0.25, -0.2) is 0 Å². The summed E-state index contributed by atoms with van der Waals surface area (Å²) in [6.45, 7) is 5.90. The third-order valence-electron chi connectivity index (χ3n) is 1.42. The molecule has 0 saturated carbocycles. The van der Waals surface area contributed by atoms with Crippen molar-refractivity contribution in [2.45, 2.75) is 27.2 Å². The van der Waals surface area contributed by atoms with Crippen molar-refractivity contribution in [2.24, 2.45) is 11.7 Å². The minimum Gasteiger partial charge on any atom is -0.401 e. The molecule has 2 heteroatoms. The quantitative estimate of drug-likeness (QED) is 0.591. The number of hydrogen-bond donors (Lipinski definition) is 1. The normalized spacial score (nSPS) is 12.7. The van der Waals surface area contributed by atoms with Gasteiger partial charge in [0.2, 0.25) is 0 Å². The third-order valence-corrected chi connectivity index (χ3v) is 1.42. The minimum atomic E-state index is 0.255. The number of rotatable bonds is 2. The second kappa shape index (κ2) is 3.94. The van der Waals surface area contributed by atoms with Crippen LogP contribution in [0.15, 0.2) is 11.3 Å². The molecule has 0 rings (SSSR count). The van der Waals surface area contributed by atoms with Crippen LogP contribution in [0.5, 0.6) is 0 Å². The third kappa shape index (κ3) is 2.10. The summed E-state index contributed by atoms with van der Waals surface area (Å²) in [4.78, 5) is 0. The van der Waals surface area contributed by atoms with Gasteiger partial charge in [0, 0.05) is 5.70 Å². The van der Waals surface area contributed by atoms with Gasteiger partial charge in [-0.3, -0.25) is 0 Å². The molecule has 0 atom stereocenters. The first-order valence-corrected chi connectivity index (χ1v) is 3.52. The maximum absolute atomic E-state index is 8.61. The summed E-state index contributed by atoms with van der Waals surface area (Å²) in [6, 6.07) is 2.11. The van der Waals surface area contributed by atoms with Crippen LogP contribution in [0.3, 0.4) is 0 Å². The number of nitriles is 1. The highest BCUT2D eigenvalue weighted by molar-refractivity contribution is 5.27. The number of allylic oxidation sites excluding steroid dienone is 2. The van der Waals surface area contributed by atoms with E-state index < -0.39 is 0 Å². The molecule has 0 saturated heterocycles. The highest BCUT2D eigenvalue weighted by Crippen LogP contribution is 2.11. The van der Waals surface area contributed by atoms with Gasteiger partial charge in [0.25, 0.3) is 0 Å². The lowest BCUT2D eigenvalue weighted by molar-refractivity contribution is 0.771. The number of nitrogens with zero attached hydrogens (tertiary/aromatic N) is 1. The van der Waals surface area contributed by atoms with E-state index in [9.17, 15) is 0 Å². The molecule has 0 aromatic heterocycles. The topological polar surface area (TPSA) is 49.8 Å². The molecule has 0 unspecified atom stereocenters. The van der Waals surface area contributed by atoms with Gasteiger partial charge in [-0.15, -0.1) is 0 Å². The second-order valence-corrected chi connectivity index (χ2v) is 2.56. The Bertz CT molecular complexity index is 172. The molecule has 0 amide bonds. The first-order valence-electron chi connectivity index (χ1n) is 3.52. The Kier molecular flexibility index (Phi) is 3.56. The summed E-state index contributed by atoms with van der Waals surface area (Å²) >= 11 is 0. The summed E-state index contributed by atoms with van der Waals surface area (Å²) in [5, 5.41) is 8.61. The maximum atomic E-state index is 8.61. The van der Waals surface area contributed by atoms with Crippen LogP contribution in [0.25, 0.3) is 0 Å². The fourth-order valence-corrected chi connectivity index (χ4v) is 0.762. The molecule has 0 heterocycles. The van der Waals surface area contributed by atoms with E-state index in [4.69, 9.17) is 11.0 Å². The van der Waals surface area contributed by atoms with E-state index in [1.807, 2.05) is 20.8 Å². The Labute approximate surface area is 62.3 Å². The van der Waals surface area contributed by atoms with E-state index in [-0.39, 0.29) is 5.92 Å². The van der Waals surface area contributed by atoms with E-state index >= 15 is 0 Å². The van der Waals surface area contributed by atoms with Gasteiger partial charge < -0.3 is 5.73 Å². The summed E-state index contributed by atoms with van der Waals surface area (Å²) in [5.74, 6) is 0.255. The van der Waals surface area contributed by atoms with E-state index in [0.29, 0.717) is 0 Å². The Hall–Kier alpha value is -0.970. The molecule has 0 aliphatic carbocycles. The van der Waals surface area contributed by atoms with Crippen molar-refractivity contribution in [3.63, 3.8) is 0 Å². The monoisotopic (exact) mass is 138 g/mol. The zero-order valence-electron chi connectivity index (χ0n) is 6.81. The van der Waals surface area contributed by atoms with Crippen LogP contribution >= 0.6 is 0 Å². The van der Waals surface area contributed by atoms with Gasteiger partial charge in [-0.1, -0.05) is 20.8 Å². The molecule has 56 valence electrons. The summed E-state index contributed by atoms with van der Waals surface area (Å²) in [7, 11) is 0. The van der Waals surface area contributed by atoms with Gasteiger partial charge >= 0.3 is 0 Å². The van der Waals surface area contributed by atoms with Crippen LogP contribution < -0.4 is 5.73 Å². The lowest BCUT2D eigenvalue weighted by Crippen LogP contribution is -2.04. The molecular weight excluding hydrogens is 124 g/mol. The van der Waals surface area contributed by atoms with Crippen LogP contribution in [-0.4, -0.2) is 0 Å². The Morgan fingerprint density at radius 2 is 2.10 bits per heavy atom. The van der Waals surface area contributed by atoms with E-state index in [1.165, 1.54) is 0 Å². The molecule has 0 fully saturated rings. The van der Waals surface area contributed by atoms with Crippen molar-refractivity contribution in [2.75, 3.05) is 0 Å². The highest BCUT2D eigenvalue weighted by Gasteiger charge is 2.04. The van der Waals surface area contributed by atoms with Gasteiger partial charge in [-0.2, -0.15) is 5.26 Å². The Morgan fingerprint density at radius 3 is 2.20 bits per heavy atom. The predicted molar refractivity (Wildman–Crippen MR) is 42.0 cm³/mol. The van der Waals surface area contributed by atoms with E-state index in [1.54, 1.807) is 0 Å². The molecule has 10 heavy (non-hydrogen) atoms. The molecule has 0 spiro atoms. The Morgan fingerprint density at radius 1 is 1.60 bits per heavy atom. The van der Waals surface area contributed by atoms with Crippen molar-refractivity contribution >= 4 is 0 Å². The van der Waals surface area contributed by atoms with Crippen molar-refractivity contribution < 1.29 is 0 Å². The molecule has 0 bridgehead atoms. The van der Waals surface area contributed by atoms with Crippen LogP contribution in [-0.2, 0) is 0 Å². The minimum absolute atomic E-state index is 0.255. The average molecular weight is 138 g/mol. The number of hydrogen-bond acceptors (Lipinski definition) is 2. The second-order valence-electron chi connectivity index (χ2n) is 2.56. The number of nitrogens with two attached hydrogens (primary N) is 1. The average Bonchev–Trinajstić information content (AvgIpc) is 1.88. The fraction of sp³-hybridized carbons (Fsp3) is 0.625. The molecule has 0 radical (unpaired) electrons. The van der Waals surface area contributed by atoms with Crippen LogP contribution in [0, 0.1) is 17.2 Å². The summed E-state index contributed by atoms with van der Waals surface area (Å²) < 4.78 is 0. The highest BCUT2D eigenvalue weighted by atomic mass is 14.6. The molecule has 2 nitrogen and oxygen atoms in total. The molecule has 0 aromatic carbocycles. The fourth-order valence-electron chi connectivity index (χ4n) is 0.762. The summed E-state index contributed by atoms with van der Waals surface area (Å²) in [5.41, 5.74) is 7.03. The first-order chi connectivity index (χ1) is 4.63. The van der Waals surface area contributed by atoms with E-state index in [2.05, 4.69) is 6.07 Å². The van der Waals surface area contributed by atoms with Crippen LogP contribution in [0.2, 0.25) is 0 Å². The van der Waals surface area contributed by atoms with E-state index in [0.717, 1.165) is 17.7 Å². The lowest BCUT2D eigenvalue weighted by Gasteiger charge is -2.05. The van der Waals surface area contributed by atoms with Crippen molar-refractivity contribution in [1.29, 1.82) is 5.26 Å². The largest absolute Gasteiger partial charge is 0.401 e. The Balaban J connectivity index is 4.50. The predicted octanol–water partition coefficient (Wildman–Crippen LogP) is 1.79. The van der Waals surface area contributed by atoms with Crippen molar-refractivity contribution in [1.82, 2.24) is 0 Å². The molecule has 0 aliphatic heterocycles. The molecule has 2 N–H and O–H groups in total.